The van der Waals surface area contributed by atoms with Crippen LogP contribution in [0.25, 0.3) is 0 Å². The highest BCUT2D eigenvalue weighted by molar-refractivity contribution is 5.31. The van der Waals surface area contributed by atoms with Crippen LogP contribution in [-0.2, 0) is 5.41 Å². The van der Waals surface area contributed by atoms with Gasteiger partial charge in [-0.05, 0) is 37.7 Å². The van der Waals surface area contributed by atoms with Crippen LogP contribution >= 0.6 is 0 Å². The molecule has 3 nitrogen and oxygen atoms in total. The molecule has 2 fully saturated rings. The highest BCUT2D eigenvalue weighted by atomic mass is 16.3. The predicted octanol–water partition coefficient (Wildman–Crippen LogP) is 3.88. The molecule has 1 saturated heterocycles. The Morgan fingerprint density at radius 2 is 1.69 bits per heavy atom. The minimum atomic E-state index is -0.167. The van der Waals surface area contributed by atoms with Gasteiger partial charge in [-0.2, -0.15) is 0 Å². The van der Waals surface area contributed by atoms with Crippen LogP contribution in [0.2, 0.25) is 0 Å². The third kappa shape index (κ3) is 4.49. The fourth-order valence-electron chi connectivity index (χ4n) is 5.26. The molecule has 146 valence electrons. The topological polar surface area (TPSA) is 35.5 Å². The van der Waals surface area contributed by atoms with Gasteiger partial charge in [0.05, 0.1) is 6.10 Å². The Morgan fingerprint density at radius 1 is 1.04 bits per heavy atom. The summed E-state index contributed by atoms with van der Waals surface area (Å²) in [5, 5.41) is 14.6. The van der Waals surface area contributed by atoms with Crippen LogP contribution in [0.1, 0.15) is 63.0 Å². The molecule has 1 aliphatic carbocycles. The summed E-state index contributed by atoms with van der Waals surface area (Å²) in [4.78, 5) is 2.63. The van der Waals surface area contributed by atoms with Crippen molar-refractivity contribution >= 4 is 0 Å². The molecule has 1 heterocycles. The zero-order chi connectivity index (χ0) is 18.4. The molecule has 0 amide bonds. The molecular formula is C23H38N2O. The van der Waals surface area contributed by atoms with E-state index in [0.717, 1.165) is 52.0 Å². The molecule has 3 heteroatoms. The van der Waals surface area contributed by atoms with E-state index in [1.54, 1.807) is 0 Å². The summed E-state index contributed by atoms with van der Waals surface area (Å²) < 4.78 is 0. The molecule has 1 aromatic rings. The van der Waals surface area contributed by atoms with Gasteiger partial charge in [0, 0.05) is 38.1 Å². The molecule has 2 N–H and O–H groups in total. The quantitative estimate of drug-likeness (QED) is 0.838. The summed E-state index contributed by atoms with van der Waals surface area (Å²) >= 11 is 0. The predicted molar refractivity (Wildman–Crippen MR) is 110 cm³/mol. The molecule has 0 aromatic heterocycles. The van der Waals surface area contributed by atoms with Crippen molar-refractivity contribution in [1.82, 2.24) is 10.2 Å². The number of aliphatic hydroxyl groups is 1. The Kier molecular flexibility index (Phi) is 7.13. The number of nitrogens with one attached hydrogen (secondary N) is 1. The van der Waals surface area contributed by atoms with Crippen LogP contribution in [-0.4, -0.2) is 48.8 Å². The van der Waals surface area contributed by atoms with E-state index in [4.69, 9.17) is 0 Å². The van der Waals surface area contributed by atoms with Gasteiger partial charge < -0.3 is 10.4 Å². The smallest absolute Gasteiger partial charge is 0.0577 e. The summed E-state index contributed by atoms with van der Waals surface area (Å²) in [7, 11) is 0. The molecule has 0 bridgehead atoms. The van der Waals surface area contributed by atoms with Gasteiger partial charge in [0.2, 0.25) is 0 Å². The van der Waals surface area contributed by atoms with Crippen molar-refractivity contribution in [3.63, 3.8) is 0 Å². The number of benzene rings is 1. The third-order valence-corrected chi connectivity index (χ3v) is 6.91. The SMILES string of the molecule is CCC(CN1CCNCC1)(c1ccc(C)cc1)C1CCCCCCC1O. The summed E-state index contributed by atoms with van der Waals surface area (Å²) in [6.07, 6.45) is 8.11. The standard InChI is InChI=1S/C23H38N2O/c1-3-23(18-25-16-14-24-15-17-25,20-12-10-19(2)11-13-20)21-8-6-4-5-7-9-22(21)26/h10-13,21-22,24,26H,3-9,14-18H2,1-2H3. The molecule has 1 saturated carbocycles. The first-order chi connectivity index (χ1) is 12.7. The van der Waals surface area contributed by atoms with Crippen molar-refractivity contribution in [3.05, 3.63) is 35.4 Å². The second-order valence-electron chi connectivity index (χ2n) is 8.57. The van der Waals surface area contributed by atoms with E-state index < -0.39 is 0 Å². The number of aliphatic hydroxyl groups excluding tert-OH is 1. The maximum absolute atomic E-state index is 11.2. The molecule has 1 aromatic carbocycles. The minimum Gasteiger partial charge on any atom is -0.393 e. The molecule has 26 heavy (non-hydrogen) atoms. The Morgan fingerprint density at radius 3 is 2.35 bits per heavy atom. The number of nitrogens with zero attached hydrogens (tertiary/aromatic N) is 1. The molecule has 3 rings (SSSR count). The van der Waals surface area contributed by atoms with E-state index >= 15 is 0 Å². The van der Waals surface area contributed by atoms with E-state index in [1.807, 2.05) is 0 Å². The first kappa shape index (κ1) is 19.9. The van der Waals surface area contributed by atoms with Crippen molar-refractivity contribution in [1.29, 1.82) is 0 Å². The van der Waals surface area contributed by atoms with Gasteiger partial charge in [-0.15, -0.1) is 0 Å². The van der Waals surface area contributed by atoms with Crippen molar-refractivity contribution < 1.29 is 5.11 Å². The van der Waals surface area contributed by atoms with Crippen molar-refractivity contribution in [2.75, 3.05) is 32.7 Å². The Labute approximate surface area is 160 Å². The van der Waals surface area contributed by atoms with E-state index in [1.165, 1.54) is 36.8 Å². The number of aryl methyl sites for hydroxylation is 1. The molecule has 0 radical (unpaired) electrons. The van der Waals surface area contributed by atoms with Crippen molar-refractivity contribution in [2.45, 2.75) is 70.3 Å². The Balaban J connectivity index is 1.95. The van der Waals surface area contributed by atoms with E-state index in [0.29, 0.717) is 5.92 Å². The minimum absolute atomic E-state index is 0.0573. The average molecular weight is 359 g/mol. The maximum Gasteiger partial charge on any atom is 0.0577 e. The molecule has 1 aliphatic heterocycles. The van der Waals surface area contributed by atoms with Gasteiger partial charge in [-0.3, -0.25) is 4.90 Å². The summed E-state index contributed by atoms with van der Waals surface area (Å²) in [6, 6.07) is 9.19. The van der Waals surface area contributed by atoms with Crippen LogP contribution < -0.4 is 5.32 Å². The zero-order valence-electron chi connectivity index (χ0n) is 16.8. The number of rotatable bonds is 5. The second-order valence-corrected chi connectivity index (χ2v) is 8.57. The Bertz CT molecular complexity index is 538. The summed E-state index contributed by atoms with van der Waals surface area (Å²) in [6.45, 7) is 10.00. The normalized spacial score (nSPS) is 28.1. The molecule has 2 aliphatic rings. The first-order valence-electron chi connectivity index (χ1n) is 10.8. The van der Waals surface area contributed by atoms with E-state index in [-0.39, 0.29) is 11.5 Å². The van der Waals surface area contributed by atoms with Crippen LogP contribution in [0.3, 0.4) is 0 Å². The van der Waals surface area contributed by atoms with Crippen LogP contribution in [0.4, 0.5) is 0 Å². The van der Waals surface area contributed by atoms with Crippen molar-refractivity contribution in [2.24, 2.45) is 5.92 Å². The maximum atomic E-state index is 11.2. The molecular weight excluding hydrogens is 320 g/mol. The number of hydrogen-bond donors (Lipinski definition) is 2. The lowest BCUT2D eigenvalue weighted by Crippen LogP contribution is -2.54. The molecule has 0 spiro atoms. The van der Waals surface area contributed by atoms with Gasteiger partial charge in [-0.1, -0.05) is 62.4 Å². The molecule has 3 unspecified atom stereocenters. The Hall–Kier alpha value is -0.900. The number of piperazine rings is 1. The summed E-state index contributed by atoms with van der Waals surface area (Å²) in [5.74, 6) is 0.366. The van der Waals surface area contributed by atoms with Crippen molar-refractivity contribution in [3.8, 4) is 0 Å². The van der Waals surface area contributed by atoms with Gasteiger partial charge in [-0.25, -0.2) is 0 Å². The van der Waals surface area contributed by atoms with E-state index in [2.05, 4.69) is 48.3 Å². The zero-order valence-corrected chi connectivity index (χ0v) is 16.8. The second kappa shape index (κ2) is 9.34. The van der Waals surface area contributed by atoms with Gasteiger partial charge in [0.15, 0.2) is 0 Å². The van der Waals surface area contributed by atoms with Crippen LogP contribution in [0, 0.1) is 12.8 Å². The number of hydrogen-bond acceptors (Lipinski definition) is 3. The lowest BCUT2D eigenvalue weighted by molar-refractivity contribution is 0.0148. The monoisotopic (exact) mass is 358 g/mol. The first-order valence-corrected chi connectivity index (χ1v) is 10.8. The lowest BCUT2D eigenvalue weighted by Gasteiger charge is -2.47. The lowest BCUT2D eigenvalue weighted by atomic mass is 9.63. The third-order valence-electron chi connectivity index (χ3n) is 6.91. The van der Waals surface area contributed by atoms with Gasteiger partial charge in [0.1, 0.15) is 0 Å². The highest BCUT2D eigenvalue weighted by Gasteiger charge is 2.43. The highest BCUT2D eigenvalue weighted by Crippen LogP contribution is 2.43. The average Bonchev–Trinajstić information content (AvgIpc) is 2.65. The van der Waals surface area contributed by atoms with Gasteiger partial charge in [0.25, 0.3) is 0 Å². The van der Waals surface area contributed by atoms with Gasteiger partial charge >= 0.3 is 0 Å². The largest absolute Gasteiger partial charge is 0.393 e. The fourth-order valence-corrected chi connectivity index (χ4v) is 5.26. The molecule has 3 atom stereocenters. The van der Waals surface area contributed by atoms with Crippen LogP contribution in [0.15, 0.2) is 24.3 Å². The van der Waals surface area contributed by atoms with E-state index in [9.17, 15) is 5.11 Å². The fraction of sp³-hybridized carbons (Fsp3) is 0.739. The van der Waals surface area contributed by atoms with Crippen LogP contribution in [0.5, 0.6) is 0 Å². The summed E-state index contributed by atoms with van der Waals surface area (Å²) in [5.41, 5.74) is 2.81.